The maximum absolute atomic E-state index is 10.8. The van der Waals surface area contributed by atoms with Crippen LogP contribution in [0.4, 0.5) is 5.69 Å². The van der Waals surface area contributed by atoms with Gasteiger partial charge in [0.25, 0.3) is 5.69 Å². The zero-order valence-electron chi connectivity index (χ0n) is 7.50. The summed E-state index contributed by atoms with van der Waals surface area (Å²) in [6.45, 7) is 0. The average Bonchev–Trinajstić information content (AvgIpc) is 2.64. The molecule has 0 spiro atoms. The quantitative estimate of drug-likeness (QED) is 0.621. The molecule has 0 saturated heterocycles. The number of nitrogens with zero attached hydrogens (tertiary/aromatic N) is 3. The molecule has 0 bridgehead atoms. The second-order valence-electron chi connectivity index (χ2n) is 2.81. The summed E-state index contributed by atoms with van der Waals surface area (Å²) in [5.74, 6) is 0. The Morgan fingerprint density at radius 1 is 1.33 bits per heavy atom. The van der Waals surface area contributed by atoms with Gasteiger partial charge in [-0.15, -0.1) is 0 Å². The topological polar surface area (TPSA) is 61.0 Å². The minimum Gasteiger partial charge on any atom is -0.258 e. The van der Waals surface area contributed by atoms with Gasteiger partial charge in [0.1, 0.15) is 10.3 Å². The monoisotopic (exact) mass is 267 g/mol. The van der Waals surface area contributed by atoms with Crippen molar-refractivity contribution in [1.82, 2.24) is 9.78 Å². The van der Waals surface area contributed by atoms with Gasteiger partial charge < -0.3 is 0 Å². The lowest BCUT2D eigenvalue weighted by molar-refractivity contribution is -0.384. The highest BCUT2D eigenvalue weighted by Gasteiger charge is 2.15. The van der Waals surface area contributed by atoms with E-state index in [0.29, 0.717) is 10.3 Å². The van der Waals surface area contributed by atoms with Crippen molar-refractivity contribution in [2.75, 3.05) is 0 Å². The highest BCUT2D eigenvalue weighted by atomic mass is 79.9. The Labute approximate surface area is 93.6 Å². The molecule has 0 radical (unpaired) electrons. The first kappa shape index (κ1) is 9.85. The fraction of sp³-hybridized carbons (Fsp3) is 0. The van der Waals surface area contributed by atoms with E-state index in [2.05, 4.69) is 21.0 Å². The molecule has 1 heterocycles. The second kappa shape index (κ2) is 3.82. The van der Waals surface area contributed by atoms with Crippen molar-refractivity contribution in [3.05, 3.63) is 51.2 Å². The van der Waals surface area contributed by atoms with Crippen LogP contribution in [0.5, 0.6) is 0 Å². The van der Waals surface area contributed by atoms with Gasteiger partial charge in [0.15, 0.2) is 0 Å². The van der Waals surface area contributed by atoms with Crippen LogP contribution >= 0.6 is 15.9 Å². The number of halogens is 1. The van der Waals surface area contributed by atoms with Gasteiger partial charge in [0.05, 0.1) is 11.1 Å². The van der Waals surface area contributed by atoms with E-state index in [1.165, 1.54) is 10.7 Å². The summed E-state index contributed by atoms with van der Waals surface area (Å²) in [4.78, 5) is 10.4. The van der Waals surface area contributed by atoms with Crippen LogP contribution in [0.15, 0.2) is 41.1 Å². The highest BCUT2D eigenvalue weighted by molar-refractivity contribution is 9.10. The number of nitro benzene ring substituents is 1. The number of hydrogen-bond donors (Lipinski definition) is 0. The molecular formula is C9H6BrN3O2. The minimum absolute atomic E-state index is 0.0295. The normalized spacial score (nSPS) is 10.2. The Hall–Kier alpha value is -1.69. The van der Waals surface area contributed by atoms with Crippen LogP contribution in [0.1, 0.15) is 0 Å². The van der Waals surface area contributed by atoms with E-state index in [1.54, 1.807) is 30.5 Å². The summed E-state index contributed by atoms with van der Waals surface area (Å²) in [5, 5.41) is 14.8. The predicted octanol–water partition coefficient (Wildman–Crippen LogP) is 2.54. The van der Waals surface area contributed by atoms with Crippen LogP contribution < -0.4 is 0 Å². The molecule has 5 nitrogen and oxygen atoms in total. The van der Waals surface area contributed by atoms with Gasteiger partial charge >= 0.3 is 0 Å². The summed E-state index contributed by atoms with van der Waals surface area (Å²) in [7, 11) is 0. The van der Waals surface area contributed by atoms with Crippen molar-refractivity contribution < 1.29 is 4.92 Å². The number of nitro groups is 1. The predicted molar refractivity (Wildman–Crippen MR) is 57.9 cm³/mol. The largest absolute Gasteiger partial charge is 0.294 e. The third-order valence-electron chi connectivity index (χ3n) is 1.90. The third-order valence-corrected chi connectivity index (χ3v) is 2.50. The molecule has 0 N–H and O–H groups in total. The van der Waals surface area contributed by atoms with Gasteiger partial charge in [-0.1, -0.05) is 12.1 Å². The van der Waals surface area contributed by atoms with E-state index in [9.17, 15) is 10.1 Å². The molecule has 1 aromatic heterocycles. The molecule has 0 fully saturated rings. The second-order valence-corrected chi connectivity index (χ2v) is 3.62. The van der Waals surface area contributed by atoms with Crippen LogP contribution in [0.2, 0.25) is 0 Å². The molecule has 1 aromatic carbocycles. The Bertz CT molecular complexity index is 510. The summed E-state index contributed by atoms with van der Waals surface area (Å²) in [6, 6.07) is 8.17. The van der Waals surface area contributed by atoms with E-state index in [1.807, 2.05) is 0 Å². The molecule has 0 atom stereocenters. The molecule has 2 rings (SSSR count). The van der Waals surface area contributed by atoms with Gasteiger partial charge in [-0.3, -0.25) is 10.1 Å². The maximum atomic E-state index is 10.8. The first-order valence-electron chi connectivity index (χ1n) is 4.13. The Balaban J connectivity index is 2.63. The molecule has 0 unspecified atom stereocenters. The van der Waals surface area contributed by atoms with Crippen LogP contribution in [-0.4, -0.2) is 14.7 Å². The number of aromatic nitrogens is 2. The van der Waals surface area contributed by atoms with Crippen LogP contribution in [0, 0.1) is 10.1 Å². The molecule has 76 valence electrons. The molecule has 0 aliphatic heterocycles. The lowest BCUT2D eigenvalue weighted by Gasteiger charge is -2.03. The van der Waals surface area contributed by atoms with E-state index in [4.69, 9.17) is 0 Å². The van der Waals surface area contributed by atoms with Crippen LogP contribution in [-0.2, 0) is 0 Å². The molecule has 0 aliphatic rings. The van der Waals surface area contributed by atoms with Gasteiger partial charge in [-0.2, -0.15) is 5.10 Å². The summed E-state index contributed by atoms with van der Waals surface area (Å²) < 4.78 is 2.15. The molecule has 0 amide bonds. The molecule has 2 aromatic rings. The summed E-state index contributed by atoms with van der Waals surface area (Å²) >= 11 is 3.26. The molecule has 0 saturated carbocycles. The Morgan fingerprint density at radius 3 is 2.67 bits per heavy atom. The first-order chi connectivity index (χ1) is 7.20. The Morgan fingerprint density at radius 2 is 2.07 bits per heavy atom. The molecule has 15 heavy (non-hydrogen) atoms. The van der Waals surface area contributed by atoms with E-state index in [-0.39, 0.29) is 5.69 Å². The van der Waals surface area contributed by atoms with Crippen LogP contribution in [0.3, 0.4) is 0 Å². The first-order valence-corrected chi connectivity index (χ1v) is 4.93. The Kier molecular flexibility index (Phi) is 2.51. The summed E-state index contributed by atoms with van der Waals surface area (Å²) in [5.41, 5.74) is 0.473. The fourth-order valence-electron chi connectivity index (χ4n) is 1.26. The molecule has 6 heteroatoms. The van der Waals surface area contributed by atoms with Gasteiger partial charge in [0, 0.05) is 6.07 Å². The lowest BCUT2D eigenvalue weighted by atomic mass is 10.3. The number of hydrogen-bond acceptors (Lipinski definition) is 3. The van der Waals surface area contributed by atoms with E-state index in [0.717, 1.165) is 0 Å². The van der Waals surface area contributed by atoms with E-state index >= 15 is 0 Å². The zero-order valence-corrected chi connectivity index (χ0v) is 9.09. The van der Waals surface area contributed by atoms with Crippen molar-refractivity contribution in [3.63, 3.8) is 0 Å². The average molecular weight is 268 g/mol. The minimum atomic E-state index is -0.427. The SMILES string of the molecule is O=[N+]([O-])c1ccccc1-n1nccc1Br. The van der Waals surface area contributed by atoms with Crippen molar-refractivity contribution in [3.8, 4) is 5.69 Å². The van der Waals surface area contributed by atoms with Crippen molar-refractivity contribution >= 4 is 21.6 Å². The van der Waals surface area contributed by atoms with Crippen molar-refractivity contribution in [1.29, 1.82) is 0 Å². The van der Waals surface area contributed by atoms with Crippen LogP contribution in [0.25, 0.3) is 5.69 Å². The number of para-hydroxylation sites is 2. The van der Waals surface area contributed by atoms with Gasteiger partial charge in [-0.25, -0.2) is 4.68 Å². The smallest absolute Gasteiger partial charge is 0.258 e. The fourth-order valence-corrected chi connectivity index (χ4v) is 1.66. The number of rotatable bonds is 2. The standard InChI is InChI=1S/C9H6BrN3O2/c10-9-5-6-11-12(9)7-3-1-2-4-8(7)13(14)15/h1-6H. The number of benzene rings is 1. The maximum Gasteiger partial charge on any atom is 0.294 e. The molecular weight excluding hydrogens is 262 g/mol. The van der Waals surface area contributed by atoms with E-state index < -0.39 is 4.92 Å². The van der Waals surface area contributed by atoms with Crippen molar-refractivity contribution in [2.45, 2.75) is 0 Å². The van der Waals surface area contributed by atoms with Crippen molar-refractivity contribution in [2.24, 2.45) is 0 Å². The van der Waals surface area contributed by atoms with Gasteiger partial charge in [0.2, 0.25) is 0 Å². The lowest BCUT2D eigenvalue weighted by Crippen LogP contribution is -2.01. The zero-order chi connectivity index (χ0) is 10.8. The molecule has 0 aliphatic carbocycles. The highest BCUT2D eigenvalue weighted by Crippen LogP contribution is 2.24. The van der Waals surface area contributed by atoms with Gasteiger partial charge in [-0.05, 0) is 28.1 Å². The third kappa shape index (κ3) is 1.75. The summed E-state index contributed by atoms with van der Waals surface area (Å²) in [6.07, 6.45) is 1.57.